The number of hydrogen-bond acceptors (Lipinski definition) is 3. The second-order valence-electron chi connectivity index (χ2n) is 7.52. The quantitative estimate of drug-likeness (QED) is 0.777. The molecule has 1 amide bonds. The van der Waals surface area contributed by atoms with Crippen LogP contribution >= 0.6 is 11.8 Å². The molecule has 0 aromatic heterocycles. The first-order valence-corrected chi connectivity index (χ1v) is 10.8. The minimum atomic E-state index is -4.44. The zero-order valence-electron chi connectivity index (χ0n) is 15.4. The van der Waals surface area contributed by atoms with Gasteiger partial charge < -0.3 is 5.32 Å². The van der Waals surface area contributed by atoms with Gasteiger partial charge in [-0.05, 0) is 18.4 Å². The van der Waals surface area contributed by atoms with Crippen molar-refractivity contribution in [1.29, 1.82) is 0 Å². The van der Waals surface area contributed by atoms with Crippen LogP contribution in [-0.2, 0) is 4.79 Å². The van der Waals surface area contributed by atoms with Crippen molar-refractivity contribution in [3.63, 3.8) is 0 Å². The van der Waals surface area contributed by atoms with Crippen LogP contribution in [-0.4, -0.2) is 53.7 Å². The minimum Gasteiger partial charge on any atom is -0.354 e. The van der Waals surface area contributed by atoms with Crippen molar-refractivity contribution < 1.29 is 18.0 Å². The van der Waals surface area contributed by atoms with Crippen molar-refractivity contribution in [2.24, 2.45) is 0 Å². The second-order valence-corrected chi connectivity index (χ2v) is 8.74. The van der Waals surface area contributed by atoms with Gasteiger partial charge in [0, 0.05) is 43.1 Å². The number of alkyl halides is 3. The molecule has 150 valence electrons. The second kappa shape index (κ2) is 8.86. The summed E-state index contributed by atoms with van der Waals surface area (Å²) in [6.45, 7) is 2.45. The number of halogens is 3. The van der Waals surface area contributed by atoms with Gasteiger partial charge in [0.2, 0.25) is 5.91 Å². The highest BCUT2D eigenvalue weighted by atomic mass is 32.2. The van der Waals surface area contributed by atoms with Gasteiger partial charge in [-0.3, -0.25) is 9.69 Å². The zero-order valence-corrected chi connectivity index (χ0v) is 16.2. The topological polar surface area (TPSA) is 32.3 Å². The molecule has 1 aliphatic carbocycles. The number of benzene rings is 1. The third-order valence-electron chi connectivity index (χ3n) is 5.82. The molecule has 1 saturated heterocycles. The molecule has 1 aromatic rings. The number of carbonyl (C=O) groups excluding carboxylic acids is 1. The van der Waals surface area contributed by atoms with E-state index in [9.17, 15) is 18.0 Å². The summed E-state index contributed by atoms with van der Waals surface area (Å²) in [7, 11) is 0. The van der Waals surface area contributed by atoms with Crippen LogP contribution in [0.2, 0.25) is 0 Å². The van der Waals surface area contributed by atoms with Gasteiger partial charge >= 0.3 is 6.18 Å². The van der Waals surface area contributed by atoms with E-state index in [2.05, 4.69) is 10.2 Å². The summed E-state index contributed by atoms with van der Waals surface area (Å²) in [6, 6.07) is 7.71. The molecule has 1 atom stereocenters. The monoisotopic (exact) mass is 400 g/mol. The molecule has 2 aliphatic rings. The molecule has 1 unspecified atom stereocenters. The first-order valence-electron chi connectivity index (χ1n) is 9.62. The van der Waals surface area contributed by atoms with Crippen LogP contribution in [0.15, 0.2) is 30.3 Å². The normalized spacial score (nSPS) is 21.7. The summed E-state index contributed by atoms with van der Waals surface area (Å²) in [4.78, 5) is 14.9. The minimum absolute atomic E-state index is 0.0723. The molecule has 1 N–H and O–H groups in total. The lowest BCUT2D eigenvalue weighted by molar-refractivity contribution is -0.157. The maximum Gasteiger partial charge on any atom is 0.396 e. The molecule has 1 saturated carbocycles. The van der Waals surface area contributed by atoms with E-state index in [-0.39, 0.29) is 11.1 Å². The Morgan fingerprint density at radius 1 is 1.15 bits per heavy atom. The first kappa shape index (κ1) is 20.5. The van der Waals surface area contributed by atoms with E-state index in [1.54, 1.807) is 18.2 Å². The fraction of sp³-hybridized carbons (Fsp3) is 0.650. The number of rotatable bonds is 6. The zero-order chi connectivity index (χ0) is 19.3. The molecule has 1 aromatic carbocycles. The molecule has 27 heavy (non-hydrogen) atoms. The van der Waals surface area contributed by atoms with E-state index in [0.29, 0.717) is 6.54 Å². The molecule has 2 fully saturated rings. The standard InChI is InChI=1S/C20H27F3N2OS/c21-20(22,23)17(16-6-2-1-3-7-16)14-18(26)24-15-19(8-4-5-9-19)25-10-12-27-13-11-25/h1-3,6-7,17H,4-5,8-15H2,(H,24,26). The van der Waals surface area contributed by atoms with Crippen molar-refractivity contribution in [2.75, 3.05) is 31.1 Å². The Bertz CT molecular complexity index is 611. The number of carbonyl (C=O) groups is 1. The third kappa shape index (κ3) is 5.19. The Kier molecular flexibility index (Phi) is 6.74. The number of thioether (sulfide) groups is 1. The van der Waals surface area contributed by atoms with Gasteiger partial charge in [-0.15, -0.1) is 0 Å². The predicted molar refractivity (Wildman–Crippen MR) is 103 cm³/mol. The maximum absolute atomic E-state index is 13.5. The van der Waals surface area contributed by atoms with Gasteiger partial charge in [-0.1, -0.05) is 43.2 Å². The molecule has 0 bridgehead atoms. The van der Waals surface area contributed by atoms with Gasteiger partial charge in [0.25, 0.3) is 0 Å². The van der Waals surface area contributed by atoms with E-state index in [1.807, 2.05) is 11.8 Å². The predicted octanol–water partition coefficient (Wildman–Crippen LogP) is 4.20. The summed E-state index contributed by atoms with van der Waals surface area (Å²) in [6.07, 6.45) is -0.727. The fourth-order valence-electron chi connectivity index (χ4n) is 4.30. The van der Waals surface area contributed by atoms with Gasteiger partial charge in [0.1, 0.15) is 0 Å². The van der Waals surface area contributed by atoms with E-state index in [1.165, 1.54) is 12.1 Å². The molecule has 3 nitrogen and oxygen atoms in total. The molecule has 1 aliphatic heterocycles. The van der Waals surface area contributed by atoms with E-state index >= 15 is 0 Å². The Morgan fingerprint density at radius 2 is 1.78 bits per heavy atom. The summed E-state index contributed by atoms with van der Waals surface area (Å²) in [5.74, 6) is -0.108. The van der Waals surface area contributed by atoms with E-state index in [0.717, 1.165) is 50.3 Å². The Morgan fingerprint density at radius 3 is 2.37 bits per heavy atom. The number of nitrogens with zero attached hydrogens (tertiary/aromatic N) is 1. The summed E-state index contributed by atoms with van der Waals surface area (Å²) in [5.41, 5.74) is 0.0701. The van der Waals surface area contributed by atoms with Gasteiger partial charge in [-0.2, -0.15) is 24.9 Å². The highest BCUT2D eigenvalue weighted by molar-refractivity contribution is 7.99. The van der Waals surface area contributed by atoms with Crippen LogP contribution in [0.3, 0.4) is 0 Å². The van der Waals surface area contributed by atoms with Crippen molar-refractivity contribution in [1.82, 2.24) is 10.2 Å². The largest absolute Gasteiger partial charge is 0.396 e. The van der Waals surface area contributed by atoms with Gasteiger partial charge in [0.15, 0.2) is 0 Å². The number of nitrogens with one attached hydrogen (secondary N) is 1. The Balaban J connectivity index is 1.63. The van der Waals surface area contributed by atoms with Crippen molar-refractivity contribution >= 4 is 17.7 Å². The Labute approximate surface area is 163 Å². The smallest absolute Gasteiger partial charge is 0.354 e. The van der Waals surface area contributed by atoms with Crippen LogP contribution in [0.5, 0.6) is 0 Å². The van der Waals surface area contributed by atoms with Gasteiger partial charge in [-0.25, -0.2) is 0 Å². The average Bonchev–Trinajstić information content (AvgIpc) is 3.15. The summed E-state index contributed by atoms with van der Waals surface area (Å²) in [5, 5.41) is 2.85. The number of hydrogen-bond donors (Lipinski definition) is 1. The van der Waals surface area contributed by atoms with Crippen LogP contribution in [0, 0.1) is 0 Å². The van der Waals surface area contributed by atoms with E-state index < -0.39 is 24.4 Å². The van der Waals surface area contributed by atoms with Crippen molar-refractivity contribution in [3.05, 3.63) is 35.9 Å². The van der Waals surface area contributed by atoms with Crippen LogP contribution in [0.25, 0.3) is 0 Å². The lowest BCUT2D eigenvalue weighted by atomic mass is 9.93. The van der Waals surface area contributed by atoms with E-state index in [4.69, 9.17) is 0 Å². The van der Waals surface area contributed by atoms with Crippen molar-refractivity contribution in [2.45, 2.75) is 49.7 Å². The SMILES string of the molecule is O=C(CC(c1ccccc1)C(F)(F)F)NCC1(N2CCSCC2)CCCC1. The highest BCUT2D eigenvalue weighted by Gasteiger charge is 2.43. The summed E-state index contributed by atoms with van der Waals surface area (Å²) < 4.78 is 40.4. The maximum atomic E-state index is 13.5. The molecule has 7 heteroatoms. The average molecular weight is 401 g/mol. The molecular formula is C20H27F3N2OS. The molecule has 0 radical (unpaired) electrons. The van der Waals surface area contributed by atoms with Crippen LogP contribution in [0.1, 0.15) is 43.6 Å². The lowest BCUT2D eigenvalue weighted by Crippen LogP contribution is -2.56. The summed E-state index contributed by atoms with van der Waals surface area (Å²) >= 11 is 1.94. The van der Waals surface area contributed by atoms with Crippen LogP contribution < -0.4 is 5.32 Å². The molecule has 1 heterocycles. The molecule has 3 rings (SSSR count). The Hall–Kier alpha value is -1.21. The highest BCUT2D eigenvalue weighted by Crippen LogP contribution is 2.38. The van der Waals surface area contributed by atoms with Crippen molar-refractivity contribution in [3.8, 4) is 0 Å². The lowest BCUT2D eigenvalue weighted by Gasteiger charge is -2.43. The number of amides is 1. The molecule has 0 spiro atoms. The molecular weight excluding hydrogens is 373 g/mol. The van der Waals surface area contributed by atoms with Crippen LogP contribution in [0.4, 0.5) is 13.2 Å². The third-order valence-corrected chi connectivity index (χ3v) is 6.76. The fourth-order valence-corrected chi connectivity index (χ4v) is 5.21. The first-order chi connectivity index (χ1) is 12.9. The van der Waals surface area contributed by atoms with Gasteiger partial charge in [0.05, 0.1) is 5.92 Å².